The normalized spacial score (nSPS) is 11.3. The van der Waals surface area contributed by atoms with Gasteiger partial charge in [-0.1, -0.05) is 17.3 Å². The summed E-state index contributed by atoms with van der Waals surface area (Å²) in [6.45, 7) is 2.58. The van der Waals surface area contributed by atoms with Crippen molar-refractivity contribution in [2.75, 3.05) is 34.2 Å². The number of benzene rings is 1. The van der Waals surface area contributed by atoms with E-state index in [1.54, 1.807) is 12.1 Å². The summed E-state index contributed by atoms with van der Waals surface area (Å²) in [6, 6.07) is 6.42. The van der Waals surface area contributed by atoms with Gasteiger partial charge in [0.2, 0.25) is 11.7 Å². The first kappa shape index (κ1) is 17.1. The first-order valence-corrected chi connectivity index (χ1v) is 7.45. The van der Waals surface area contributed by atoms with E-state index in [2.05, 4.69) is 34.0 Å². The summed E-state index contributed by atoms with van der Waals surface area (Å²) in [5, 5.41) is 12.9. The van der Waals surface area contributed by atoms with E-state index < -0.39 is 5.97 Å². The molecule has 0 atom stereocenters. The highest BCUT2D eigenvalue weighted by molar-refractivity contribution is 5.88. The lowest BCUT2D eigenvalue weighted by Crippen LogP contribution is -2.23. The topological polar surface area (TPSA) is 82.7 Å². The maximum atomic E-state index is 10.8. The molecular formula is C16H22N4O3. The molecule has 7 heteroatoms. The first-order valence-electron chi connectivity index (χ1n) is 7.45. The highest BCUT2D eigenvalue weighted by Crippen LogP contribution is 2.17. The number of rotatable bonds is 8. The van der Waals surface area contributed by atoms with Gasteiger partial charge in [0.15, 0.2) is 0 Å². The third-order valence-corrected chi connectivity index (χ3v) is 3.41. The molecule has 0 fully saturated rings. The van der Waals surface area contributed by atoms with Crippen LogP contribution in [0.3, 0.4) is 0 Å². The van der Waals surface area contributed by atoms with Crippen LogP contribution in [0.1, 0.15) is 22.7 Å². The summed E-state index contributed by atoms with van der Waals surface area (Å²) in [5.41, 5.74) is 0.971. The van der Waals surface area contributed by atoms with Crippen LogP contribution in [0, 0.1) is 0 Å². The molecule has 1 heterocycles. The second-order valence-electron chi connectivity index (χ2n) is 5.79. The molecule has 124 valence electrons. The van der Waals surface area contributed by atoms with Crippen LogP contribution in [0.2, 0.25) is 0 Å². The molecule has 0 spiro atoms. The summed E-state index contributed by atoms with van der Waals surface area (Å²) < 4.78 is 5.27. The van der Waals surface area contributed by atoms with Gasteiger partial charge in [-0.15, -0.1) is 0 Å². The van der Waals surface area contributed by atoms with Gasteiger partial charge in [-0.2, -0.15) is 4.98 Å². The minimum absolute atomic E-state index is 0.234. The third-order valence-electron chi connectivity index (χ3n) is 3.41. The molecule has 7 nitrogen and oxygen atoms in total. The zero-order valence-electron chi connectivity index (χ0n) is 13.7. The molecule has 0 amide bonds. The van der Waals surface area contributed by atoms with E-state index in [4.69, 9.17) is 9.63 Å². The molecule has 2 rings (SSSR count). The number of carboxylic acid groups (broad SMARTS) is 1. The van der Waals surface area contributed by atoms with Gasteiger partial charge >= 0.3 is 5.97 Å². The van der Waals surface area contributed by atoms with Crippen LogP contribution < -0.4 is 0 Å². The minimum atomic E-state index is -0.954. The van der Waals surface area contributed by atoms with E-state index in [-0.39, 0.29) is 5.56 Å². The van der Waals surface area contributed by atoms with E-state index >= 15 is 0 Å². The van der Waals surface area contributed by atoms with Crippen LogP contribution in [-0.4, -0.2) is 65.2 Å². The summed E-state index contributed by atoms with van der Waals surface area (Å²) in [5.74, 6) is 0.0676. The average molecular weight is 318 g/mol. The van der Waals surface area contributed by atoms with Gasteiger partial charge in [0.05, 0.1) is 12.1 Å². The molecule has 2 aromatic rings. The number of carbonyl (C=O) groups is 1. The number of nitrogens with zero attached hydrogens (tertiary/aromatic N) is 4. The predicted molar refractivity (Wildman–Crippen MR) is 86.2 cm³/mol. The molecule has 1 aromatic carbocycles. The zero-order valence-corrected chi connectivity index (χ0v) is 13.7. The predicted octanol–water partition coefficient (Wildman–Crippen LogP) is 1.82. The summed E-state index contributed by atoms with van der Waals surface area (Å²) in [4.78, 5) is 19.5. The smallest absolute Gasteiger partial charge is 0.335 e. The maximum Gasteiger partial charge on any atom is 0.335 e. The molecule has 0 bridgehead atoms. The van der Waals surface area contributed by atoms with Crippen molar-refractivity contribution >= 4 is 5.97 Å². The Balaban J connectivity index is 1.93. The molecule has 0 aliphatic heterocycles. The van der Waals surface area contributed by atoms with Crippen LogP contribution in [0.25, 0.3) is 11.4 Å². The fraction of sp³-hybridized carbons (Fsp3) is 0.438. The van der Waals surface area contributed by atoms with E-state index in [0.717, 1.165) is 25.1 Å². The van der Waals surface area contributed by atoms with Crippen LogP contribution in [0.4, 0.5) is 0 Å². The minimum Gasteiger partial charge on any atom is -0.478 e. The maximum absolute atomic E-state index is 10.8. The van der Waals surface area contributed by atoms with E-state index in [1.165, 1.54) is 12.1 Å². The van der Waals surface area contributed by atoms with Crippen molar-refractivity contribution in [3.8, 4) is 11.4 Å². The average Bonchev–Trinajstić information content (AvgIpc) is 2.95. The Labute approximate surface area is 135 Å². The number of aromatic nitrogens is 2. The van der Waals surface area contributed by atoms with Crippen molar-refractivity contribution in [2.45, 2.75) is 13.0 Å². The van der Waals surface area contributed by atoms with Crippen molar-refractivity contribution in [3.63, 3.8) is 0 Å². The van der Waals surface area contributed by atoms with Gasteiger partial charge < -0.3 is 14.5 Å². The second kappa shape index (κ2) is 7.85. The van der Waals surface area contributed by atoms with Crippen LogP contribution in [0.15, 0.2) is 28.8 Å². The summed E-state index contributed by atoms with van der Waals surface area (Å²) >= 11 is 0. The Morgan fingerprint density at radius 3 is 2.48 bits per heavy atom. The molecule has 23 heavy (non-hydrogen) atoms. The van der Waals surface area contributed by atoms with E-state index in [1.807, 2.05) is 7.05 Å². The standard InChI is InChI=1S/C16H22N4O3/c1-19(2)9-4-10-20(3)11-14-17-15(18-23-14)12-5-7-13(8-6-12)16(21)22/h5-8H,4,9-11H2,1-3H3,(H,21,22). The fourth-order valence-corrected chi connectivity index (χ4v) is 2.17. The molecule has 0 saturated heterocycles. The van der Waals surface area contributed by atoms with Crippen LogP contribution in [0.5, 0.6) is 0 Å². The first-order chi connectivity index (χ1) is 11.0. The van der Waals surface area contributed by atoms with Gasteiger partial charge in [0, 0.05) is 5.56 Å². The lowest BCUT2D eigenvalue weighted by molar-refractivity contribution is 0.0697. The fourth-order valence-electron chi connectivity index (χ4n) is 2.17. The molecule has 1 N–H and O–H groups in total. The van der Waals surface area contributed by atoms with Gasteiger partial charge in [0.25, 0.3) is 0 Å². The number of carboxylic acids is 1. The van der Waals surface area contributed by atoms with Crippen LogP contribution in [-0.2, 0) is 6.54 Å². The molecule has 0 unspecified atom stereocenters. The van der Waals surface area contributed by atoms with Crippen molar-refractivity contribution in [1.82, 2.24) is 19.9 Å². The number of hydrogen-bond donors (Lipinski definition) is 1. The molecule has 0 radical (unpaired) electrons. The summed E-state index contributed by atoms with van der Waals surface area (Å²) in [6.07, 6.45) is 1.07. The van der Waals surface area contributed by atoms with Gasteiger partial charge in [0.1, 0.15) is 0 Å². The molecule has 0 saturated carbocycles. The zero-order chi connectivity index (χ0) is 16.8. The largest absolute Gasteiger partial charge is 0.478 e. The van der Waals surface area contributed by atoms with Gasteiger partial charge in [-0.3, -0.25) is 4.90 Å². The molecule has 0 aliphatic rings. The Bertz CT molecular complexity index is 637. The molecule has 1 aromatic heterocycles. The third kappa shape index (κ3) is 5.15. The van der Waals surface area contributed by atoms with Gasteiger partial charge in [-0.05, 0) is 52.8 Å². The molecular weight excluding hydrogens is 296 g/mol. The highest BCUT2D eigenvalue weighted by atomic mass is 16.5. The van der Waals surface area contributed by atoms with E-state index in [9.17, 15) is 4.79 Å². The van der Waals surface area contributed by atoms with E-state index in [0.29, 0.717) is 18.3 Å². The van der Waals surface area contributed by atoms with Gasteiger partial charge in [-0.25, -0.2) is 4.79 Å². The Kier molecular flexibility index (Phi) is 5.84. The number of aromatic carboxylic acids is 1. The Morgan fingerprint density at radius 1 is 1.17 bits per heavy atom. The van der Waals surface area contributed by atoms with Crippen molar-refractivity contribution in [3.05, 3.63) is 35.7 Å². The lowest BCUT2D eigenvalue weighted by atomic mass is 10.1. The Morgan fingerprint density at radius 2 is 1.87 bits per heavy atom. The summed E-state index contributed by atoms with van der Waals surface area (Å²) in [7, 11) is 6.13. The van der Waals surface area contributed by atoms with Crippen molar-refractivity contribution in [1.29, 1.82) is 0 Å². The number of hydrogen-bond acceptors (Lipinski definition) is 6. The molecule has 0 aliphatic carbocycles. The monoisotopic (exact) mass is 318 g/mol. The Hall–Kier alpha value is -2.25. The van der Waals surface area contributed by atoms with Crippen molar-refractivity contribution < 1.29 is 14.4 Å². The quantitative estimate of drug-likeness (QED) is 0.795. The van der Waals surface area contributed by atoms with Crippen molar-refractivity contribution in [2.24, 2.45) is 0 Å². The van der Waals surface area contributed by atoms with Crippen LogP contribution >= 0.6 is 0 Å². The lowest BCUT2D eigenvalue weighted by Gasteiger charge is -2.15. The SMILES string of the molecule is CN(C)CCCN(C)Cc1nc(-c2ccc(C(=O)O)cc2)no1. The highest BCUT2D eigenvalue weighted by Gasteiger charge is 2.11. The second-order valence-corrected chi connectivity index (χ2v) is 5.79.